The average Bonchev–Trinajstić information content (AvgIpc) is 2.44. The molecule has 112 valence electrons. The number of nitrogens with two attached hydrogens (primary N) is 1. The highest BCUT2D eigenvalue weighted by Gasteiger charge is 2.15. The minimum absolute atomic E-state index is 0.0914. The number of benzene rings is 1. The standard InChI is InChI=1S/C16H24ClNO2/c1-4-6-7-8-20-16-12(10-14(18)5-2)9-13(17)11-15(16)19-3/h4,9,11,14H,1,5-8,10,18H2,2-3H3. The predicted octanol–water partition coefficient (Wildman–Crippen LogP) is 3.97. The highest BCUT2D eigenvalue weighted by molar-refractivity contribution is 6.30. The van der Waals surface area contributed by atoms with Crippen molar-refractivity contribution in [1.29, 1.82) is 0 Å². The molecule has 0 heterocycles. The molecule has 2 N–H and O–H groups in total. The second kappa shape index (κ2) is 8.88. The van der Waals surface area contributed by atoms with Crippen LogP contribution in [0.4, 0.5) is 0 Å². The highest BCUT2D eigenvalue weighted by atomic mass is 35.5. The second-order valence-corrected chi connectivity index (χ2v) is 5.18. The third-order valence-electron chi connectivity index (χ3n) is 3.12. The molecule has 1 aromatic carbocycles. The largest absolute Gasteiger partial charge is 0.493 e. The molecule has 1 unspecified atom stereocenters. The first-order chi connectivity index (χ1) is 9.62. The number of hydrogen-bond donors (Lipinski definition) is 1. The Bertz CT molecular complexity index is 435. The van der Waals surface area contributed by atoms with Gasteiger partial charge in [0.2, 0.25) is 0 Å². The van der Waals surface area contributed by atoms with Gasteiger partial charge in [0.15, 0.2) is 11.5 Å². The lowest BCUT2D eigenvalue weighted by Gasteiger charge is -2.17. The van der Waals surface area contributed by atoms with Crippen molar-refractivity contribution in [2.45, 2.75) is 38.6 Å². The smallest absolute Gasteiger partial charge is 0.164 e. The van der Waals surface area contributed by atoms with E-state index in [4.69, 9.17) is 26.8 Å². The fourth-order valence-electron chi connectivity index (χ4n) is 1.92. The number of allylic oxidation sites excluding steroid dienone is 1. The molecular weight excluding hydrogens is 274 g/mol. The number of unbranched alkanes of at least 4 members (excludes halogenated alkanes) is 1. The molecule has 0 aromatic heterocycles. The summed E-state index contributed by atoms with van der Waals surface area (Å²) in [4.78, 5) is 0. The Morgan fingerprint density at radius 3 is 2.80 bits per heavy atom. The molecule has 0 amide bonds. The molecule has 0 saturated carbocycles. The topological polar surface area (TPSA) is 44.5 Å². The lowest BCUT2D eigenvalue weighted by Crippen LogP contribution is -2.22. The molecule has 1 rings (SSSR count). The van der Waals surface area contributed by atoms with Gasteiger partial charge in [0.1, 0.15) is 0 Å². The van der Waals surface area contributed by atoms with Gasteiger partial charge in [0, 0.05) is 22.7 Å². The van der Waals surface area contributed by atoms with Gasteiger partial charge in [-0.05, 0) is 31.7 Å². The van der Waals surface area contributed by atoms with E-state index in [1.54, 1.807) is 13.2 Å². The molecule has 1 aromatic rings. The van der Waals surface area contributed by atoms with E-state index < -0.39 is 0 Å². The Morgan fingerprint density at radius 2 is 2.20 bits per heavy atom. The lowest BCUT2D eigenvalue weighted by molar-refractivity contribution is 0.286. The molecule has 0 bridgehead atoms. The van der Waals surface area contributed by atoms with Gasteiger partial charge in [-0.1, -0.05) is 24.6 Å². The second-order valence-electron chi connectivity index (χ2n) is 4.75. The van der Waals surface area contributed by atoms with Gasteiger partial charge in [-0.25, -0.2) is 0 Å². The van der Waals surface area contributed by atoms with Gasteiger partial charge in [-0.3, -0.25) is 0 Å². The van der Waals surface area contributed by atoms with E-state index in [1.807, 2.05) is 12.1 Å². The Morgan fingerprint density at radius 1 is 1.45 bits per heavy atom. The number of rotatable bonds is 9. The summed E-state index contributed by atoms with van der Waals surface area (Å²) in [6.07, 6.45) is 5.37. The SMILES string of the molecule is C=CCCCOc1c(CC(N)CC)cc(Cl)cc1OC. The number of methoxy groups -OCH3 is 1. The first-order valence-electron chi connectivity index (χ1n) is 6.98. The zero-order valence-corrected chi connectivity index (χ0v) is 13.1. The van der Waals surface area contributed by atoms with Crippen LogP contribution in [0.5, 0.6) is 11.5 Å². The van der Waals surface area contributed by atoms with E-state index >= 15 is 0 Å². The van der Waals surface area contributed by atoms with Gasteiger partial charge in [-0.2, -0.15) is 0 Å². The highest BCUT2D eigenvalue weighted by Crippen LogP contribution is 2.35. The minimum atomic E-state index is 0.0914. The van der Waals surface area contributed by atoms with Crippen LogP contribution in [0, 0.1) is 0 Å². The van der Waals surface area contributed by atoms with Gasteiger partial charge in [0.25, 0.3) is 0 Å². The third kappa shape index (κ3) is 5.06. The molecule has 4 heteroatoms. The summed E-state index contributed by atoms with van der Waals surface area (Å²) in [7, 11) is 1.62. The molecule has 0 aliphatic rings. The molecule has 0 radical (unpaired) electrons. The monoisotopic (exact) mass is 297 g/mol. The summed E-state index contributed by atoms with van der Waals surface area (Å²) in [6, 6.07) is 3.77. The normalized spacial score (nSPS) is 12.0. The summed E-state index contributed by atoms with van der Waals surface area (Å²) in [5, 5.41) is 0.638. The van der Waals surface area contributed by atoms with Crippen LogP contribution in [0.15, 0.2) is 24.8 Å². The maximum Gasteiger partial charge on any atom is 0.164 e. The van der Waals surface area contributed by atoms with E-state index in [0.717, 1.165) is 37.0 Å². The van der Waals surface area contributed by atoms with Crippen molar-refractivity contribution in [3.05, 3.63) is 35.4 Å². The maximum absolute atomic E-state index is 6.12. The van der Waals surface area contributed by atoms with Crippen molar-refractivity contribution in [2.75, 3.05) is 13.7 Å². The van der Waals surface area contributed by atoms with E-state index in [2.05, 4.69) is 13.5 Å². The third-order valence-corrected chi connectivity index (χ3v) is 3.34. The zero-order chi connectivity index (χ0) is 15.0. The van der Waals surface area contributed by atoms with E-state index in [1.165, 1.54) is 0 Å². The van der Waals surface area contributed by atoms with Crippen LogP contribution in [0.1, 0.15) is 31.7 Å². The summed E-state index contributed by atoms with van der Waals surface area (Å²) >= 11 is 6.12. The average molecular weight is 298 g/mol. The van der Waals surface area contributed by atoms with Crippen LogP contribution in [-0.2, 0) is 6.42 Å². The fraction of sp³-hybridized carbons (Fsp3) is 0.500. The van der Waals surface area contributed by atoms with Crippen molar-refractivity contribution in [3.8, 4) is 11.5 Å². The zero-order valence-electron chi connectivity index (χ0n) is 12.3. The Hall–Kier alpha value is -1.19. The molecule has 0 aliphatic heterocycles. The summed E-state index contributed by atoms with van der Waals surface area (Å²) < 4.78 is 11.2. The van der Waals surface area contributed by atoms with Crippen molar-refractivity contribution < 1.29 is 9.47 Å². The quantitative estimate of drug-likeness (QED) is 0.554. The number of halogens is 1. The molecule has 3 nitrogen and oxygen atoms in total. The number of ether oxygens (including phenoxy) is 2. The van der Waals surface area contributed by atoms with Crippen LogP contribution in [0.2, 0.25) is 5.02 Å². The van der Waals surface area contributed by atoms with Crippen LogP contribution in [-0.4, -0.2) is 19.8 Å². The summed E-state index contributed by atoms with van der Waals surface area (Å²) in [5.41, 5.74) is 7.04. The molecule has 0 spiro atoms. The Balaban J connectivity index is 2.93. The summed E-state index contributed by atoms with van der Waals surface area (Å²) in [6.45, 7) is 6.39. The first kappa shape index (κ1) is 16.9. The van der Waals surface area contributed by atoms with Gasteiger partial charge < -0.3 is 15.2 Å². The van der Waals surface area contributed by atoms with Crippen LogP contribution in [0.3, 0.4) is 0 Å². The van der Waals surface area contributed by atoms with E-state index in [0.29, 0.717) is 17.4 Å². The number of hydrogen-bond acceptors (Lipinski definition) is 3. The maximum atomic E-state index is 6.12. The van der Waals surface area contributed by atoms with Gasteiger partial charge in [-0.15, -0.1) is 6.58 Å². The van der Waals surface area contributed by atoms with Crippen LogP contribution in [0.25, 0.3) is 0 Å². The van der Waals surface area contributed by atoms with E-state index in [9.17, 15) is 0 Å². The molecule has 0 aliphatic carbocycles. The molecule has 0 fully saturated rings. The molecule has 0 saturated heterocycles. The summed E-state index contributed by atoms with van der Waals surface area (Å²) in [5.74, 6) is 1.42. The van der Waals surface area contributed by atoms with Crippen molar-refractivity contribution in [3.63, 3.8) is 0 Å². The molecule has 1 atom stereocenters. The first-order valence-corrected chi connectivity index (χ1v) is 7.35. The predicted molar refractivity (Wildman–Crippen MR) is 84.9 cm³/mol. The molecular formula is C16H24ClNO2. The van der Waals surface area contributed by atoms with Crippen molar-refractivity contribution in [2.24, 2.45) is 5.73 Å². The van der Waals surface area contributed by atoms with Crippen LogP contribution >= 0.6 is 11.6 Å². The Kier molecular flexibility index (Phi) is 7.48. The van der Waals surface area contributed by atoms with Gasteiger partial charge >= 0.3 is 0 Å². The van der Waals surface area contributed by atoms with Crippen molar-refractivity contribution >= 4 is 11.6 Å². The van der Waals surface area contributed by atoms with Crippen LogP contribution < -0.4 is 15.2 Å². The van der Waals surface area contributed by atoms with E-state index in [-0.39, 0.29) is 6.04 Å². The minimum Gasteiger partial charge on any atom is -0.493 e. The van der Waals surface area contributed by atoms with Crippen molar-refractivity contribution in [1.82, 2.24) is 0 Å². The lowest BCUT2D eigenvalue weighted by atomic mass is 10.0. The Labute approximate surface area is 126 Å². The van der Waals surface area contributed by atoms with Gasteiger partial charge in [0.05, 0.1) is 13.7 Å². The fourth-order valence-corrected chi connectivity index (χ4v) is 2.15. The molecule has 20 heavy (non-hydrogen) atoms.